The summed E-state index contributed by atoms with van der Waals surface area (Å²) in [5, 5.41) is 12.0. The van der Waals surface area contributed by atoms with Crippen LogP contribution in [0.3, 0.4) is 0 Å². The summed E-state index contributed by atoms with van der Waals surface area (Å²) in [6, 6.07) is 14.9. The number of rotatable bonds is 1. The minimum atomic E-state index is -1.55. The van der Waals surface area contributed by atoms with Gasteiger partial charge in [-0.05, 0) is 56.0 Å². The Morgan fingerprint density at radius 3 is 2.37 bits per heavy atom. The number of imide groups is 1. The largest absolute Gasteiger partial charge is 0.380 e. The summed E-state index contributed by atoms with van der Waals surface area (Å²) < 4.78 is 0.832. The number of amides is 2. The first kappa shape index (κ1) is 18.4. The standard InChI is InChI=1S/C22H22BrNO3/c1-21(2,3)24-19(25)16-11-13-9-10-15(23)12-17(13)22(27,18(16)20(24)26)14-7-5-4-6-8-14/h4-10,12,16,18,27H,11H2,1-3H3/t16-,18+,22+/m0/s1. The van der Waals surface area contributed by atoms with Crippen molar-refractivity contribution in [3.8, 4) is 0 Å². The number of fused-ring (bicyclic) bond motifs is 2. The molecule has 0 spiro atoms. The van der Waals surface area contributed by atoms with Gasteiger partial charge in [0.2, 0.25) is 11.8 Å². The summed E-state index contributed by atoms with van der Waals surface area (Å²) >= 11 is 3.48. The van der Waals surface area contributed by atoms with Gasteiger partial charge in [-0.15, -0.1) is 0 Å². The van der Waals surface area contributed by atoms with E-state index in [1.165, 1.54) is 4.90 Å². The van der Waals surface area contributed by atoms with Crippen LogP contribution in [0.15, 0.2) is 53.0 Å². The van der Waals surface area contributed by atoms with E-state index in [1.807, 2.05) is 69.3 Å². The molecule has 2 aliphatic rings. The highest BCUT2D eigenvalue weighted by Crippen LogP contribution is 2.52. The molecule has 140 valence electrons. The van der Waals surface area contributed by atoms with Crippen LogP contribution in [0.4, 0.5) is 0 Å². The number of hydrogen-bond donors (Lipinski definition) is 1. The fraction of sp³-hybridized carbons (Fsp3) is 0.364. The summed E-state index contributed by atoms with van der Waals surface area (Å²) in [6.45, 7) is 5.56. The van der Waals surface area contributed by atoms with Gasteiger partial charge in [0.15, 0.2) is 0 Å². The third kappa shape index (κ3) is 2.59. The molecule has 1 saturated heterocycles. The van der Waals surface area contributed by atoms with Gasteiger partial charge in [0.1, 0.15) is 5.60 Å². The first-order chi connectivity index (χ1) is 12.7. The highest BCUT2D eigenvalue weighted by Gasteiger charge is 2.62. The van der Waals surface area contributed by atoms with E-state index >= 15 is 0 Å². The zero-order valence-corrected chi connectivity index (χ0v) is 17.2. The molecule has 0 aromatic heterocycles. The average molecular weight is 428 g/mol. The Kier molecular flexibility index (Phi) is 4.09. The van der Waals surface area contributed by atoms with E-state index in [4.69, 9.17) is 0 Å². The maximum Gasteiger partial charge on any atom is 0.237 e. The van der Waals surface area contributed by atoms with Crippen molar-refractivity contribution >= 4 is 27.7 Å². The number of carbonyl (C=O) groups excluding carboxylic acids is 2. The predicted molar refractivity (Wildman–Crippen MR) is 106 cm³/mol. The summed E-state index contributed by atoms with van der Waals surface area (Å²) in [6.07, 6.45) is 0.458. The highest BCUT2D eigenvalue weighted by molar-refractivity contribution is 9.10. The number of hydrogen-bond acceptors (Lipinski definition) is 3. The van der Waals surface area contributed by atoms with Crippen molar-refractivity contribution in [1.29, 1.82) is 0 Å². The summed E-state index contributed by atoms with van der Waals surface area (Å²) in [7, 11) is 0. The fourth-order valence-electron chi connectivity index (χ4n) is 4.58. The topological polar surface area (TPSA) is 57.6 Å². The van der Waals surface area contributed by atoms with Gasteiger partial charge in [-0.1, -0.05) is 52.3 Å². The molecule has 2 aromatic carbocycles. The Bertz CT molecular complexity index is 934. The van der Waals surface area contributed by atoms with Gasteiger partial charge in [-0.3, -0.25) is 14.5 Å². The van der Waals surface area contributed by atoms with E-state index in [2.05, 4.69) is 15.9 Å². The van der Waals surface area contributed by atoms with Crippen molar-refractivity contribution in [1.82, 2.24) is 4.90 Å². The number of aliphatic hydroxyl groups is 1. The minimum Gasteiger partial charge on any atom is -0.380 e. The molecule has 2 amide bonds. The molecule has 0 bridgehead atoms. The Morgan fingerprint density at radius 2 is 1.74 bits per heavy atom. The van der Waals surface area contributed by atoms with Gasteiger partial charge in [0.25, 0.3) is 0 Å². The third-order valence-corrected chi connectivity index (χ3v) is 6.18. The molecule has 1 N–H and O–H groups in total. The smallest absolute Gasteiger partial charge is 0.237 e. The van der Waals surface area contributed by atoms with Crippen LogP contribution in [0.2, 0.25) is 0 Å². The zero-order chi connectivity index (χ0) is 19.6. The van der Waals surface area contributed by atoms with Gasteiger partial charge in [0.05, 0.1) is 11.8 Å². The first-order valence-corrected chi connectivity index (χ1v) is 9.89. The quantitative estimate of drug-likeness (QED) is 0.706. The molecule has 0 radical (unpaired) electrons. The molecular formula is C22H22BrNO3. The molecule has 1 heterocycles. The molecule has 0 saturated carbocycles. The lowest BCUT2D eigenvalue weighted by Gasteiger charge is -2.41. The van der Waals surface area contributed by atoms with Crippen molar-refractivity contribution in [2.24, 2.45) is 11.8 Å². The third-order valence-electron chi connectivity index (χ3n) is 5.68. The Labute approximate surface area is 167 Å². The normalized spacial score (nSPS) is 27.5. The SMILES string of the molecule is CC(C)(C)N1C(=O)[C@H]2Cc3ccc(Br)cc3[C@](O)(c3ccccc3)[C@H]2C1=O. The van der Waals surface area contributed by atoms with Crippen LogP contribution in [0.25, 0.3) is 0 Å². The van der Waals surface area contributed by atoms with Crippen molar-refractivity contribution in [3.05, 3.63) is 69.7 Å². The van der Waals surface area contributed by atoms with E-state index < -0.39 is 23.0 Å². The molecular weight excluding hydrogens is 406 g/mol. The second-order valence-electron chi connectivity index (χ2n) is 8.40. The van der Waals surface area contributed by atoms with Gasteiger partial charge in [-0.25, -0.2) is 0 Å². The molecule has 2 aromatic rings. The van der Waals surface area contributed by atoms with Crippen molar-refractivity contribution in [2.75, 3.05) is 0 Å². The van der Waals surface area contributed by atoms with Crippen LogP contribution in [-0.2, 0) is 21.6 Å². The van der Waals surface area contributed by atoms with Crippen molar-refractivity contribution in [3.63, 3.8) is 0 Å². The van der Waals surface area contributed by atoms with Crippen LogP contribution in [0.5, 0.6) is 0 Å². The van der Waals surface area contributed by atoms with E-state index in [0.29, 0.717) is 17.5 Å². The number of nitrogens with zero attached hydrogens (tertiary/aromatic N) is 1. The molecule has 4 nitrogen and oxygen atoms in total. The fourth-order valence-corrected chi connectivity index (χ4v) is 4.94. The maximum absolute atomic E-state index is 13.4. The molecule has 0 unspecified atom stereocenters. The monoisotopic (exact) mass is 427 g/mol. The molecule has 1 fully saturated rings. The maximum atomic E-state index is 13.4. The lowest BCUT2D eigenvalue weighted by atomic mass is 9.64. The molecule has 1 aliphatic carbocycles. The van der Waals surface area contributed by atoms with Crippen molar-refractivity contribution < 1.29 is 14.7 Å². The van der Waals surface area contributed by atoms with E-state index in [9.17, 15) is 14.7 Å². The lowest BCUT2D eigenvalue weighted by Crippen LogP contribution is -2.49. The highest BCUT2D eigenvalue weighted by atomic mass is 79.9. The van der Waals surface area contributed by atoms with Crippen LogP contribution >= 0.6 is 15.9 Å². The molecule has 4 rings (SSSR count). The van der Waals surface area contributed by atoms with E-state index in [0.717, 1.165) is 10.0 Å². The summed E-state index contributed by atoms with van der Waals surface area (Å²) in [5.74, 6) is -1.88. The van der Waals surface area contributed by atoms with Gasteiger partial charge >= 0.3 is 0 Å². The van der Waals surface area contributed by atoms with Crippen LogP contribution in [-0.4, -0.2) is 27.4 Å². The zero-order valence-electron chi connectivity index (χ0n) is 15.6. The molecule has 27 heavy (non-hydrogen) atoms. The second kappa shape index (κ2) is 6.01. The predicted octanol–water partition coefficient (Wildman–Crippen LogP) is 3.64. The van der Waals surface area contributed by atoms with E-state index in [-0.39, 0.29) is 11.8 Å². The summed E-state index contributed by atoms with van der Waals surface area (Å²) in [4.78, 5) is 27.9. The van der Waals surface area contributed by atoms with Gasteiger partial charge in [0, 0.05) is 10.0 Å². The lowest BCUT2D eigenvalue weighted by molar-refractivity contribution is -0.147. The Morgan fingerprint density at radius 1 is 1.07 bits per heavy atom. The van der Waals surface area contributed by atoms with Crippen molar-refractivity contribution in [2.45, 2.75) is 38.3 Å². The Hall–Kier alpha value is -1.98. The minimum absolute atomic E-state index is 0.194. The number of benzene rings is 2. The van der Waals surface area contributed by atoms with Crippen LogP contribution < -0.4 is 0 Å². The number of halogens is 1. The van der Waals surface area contributed by atoms with E-state index in [1.54, 1.807) is 0 Å². The summed E-state index contributed by atoms with van der Waals surface area (Å²) in [5.41, 5.74) is 0.0613. The molecule has 5 heteroatoms. The van der Waals surface area contributed by atoms with Crippen LogP contribution in [0.1, 0.15) is 37.5 Å². The molecule has 1 aliphatic heterocycles. The number of carbonyl (C=O) groups is 2. The van der Waals surface area contributed by atoms with Gasteiger partial charge < -0.3 is 5.11 Å². The Balaban J connectivity index is 1.98. The second-order valence-corrected chi connectivity index (χ2v) is 9.32. The average Bonchev–Trinajstić information content (AvgIpc) is 2.87. The first-order valence-electron chi connectivity index (χ1n) is 9.10. The van der Waals surface area contributed by atoms with Gasteiger partial charge in [-0.2, -0.15) is 0 Å². The van der Waals surface area contributed by atoms with Crippen LogP contribution in [0, 0.1) is 11.8 Å². The molecule has 3 atom stereocenters. The number of likely N-dealkylation sites (tertiary alicyclic amines) is 1.